The van der Waals surface area contributed by atoms with Crippen LogP contribution < -0.4 is 14.8 Å². The molecule has 0 spiro atoms. The number of carbonyl (C=O) groups excluding carboxylic acids is 1. The monoisotopic (exact) mass is 445 g/mol. The summed E-state index contributed by atoms with van der Waals surface area (Å²) in [6.07, 6.45) is 0.710. The Morgan fingerprint density at radius 2 is 2.04 bits per heavy atom. The summed E-state index contributed by atoms with van der Waals surface area (Å²) in [5.74, 6) is 1.81. The van der Waals surface area contributed by atoms with E-state index in [-0.39, 0.29) is 24.2 Å². The fourth-order valence-corrected chi connectivity index (χ4v) is 3.97. The molecule has 0 bridgehead atoms. The van der Waals surface area contributed by atoms with Gasteiger partial charge >= 0.3 is 0 Å². The van der Waals surface area contributed by atoms with Crippen LogP contribution in [0.4, 0.5) is 0 Å². The number of hydrogen-bond donors (Lipinski definition) is 1. The van der Waals surface area contributed by atoms with E-state index in [2.05, 4.69) is 35.1 Å². The van der Waals surface area contributed by atoms with E-state index in [4.69, 9.17) is 9.47 Å². The Labute approximate surface area is 175 Å². The summed E-state index contributed by atoms with van der Waals surface area (Å²) in [5, 5.41) is 3.11. The summed E-state index contributed by atoms with van der Waals surface area (Å²) in [6, 6.07) is 12.0. The van der Waals surface area contributed by atoms with E-state index in [1.165, 1.54) is 5.56 Å². The van der Waals surface area contributed by atoms with E-state index < -0.39 is 0 Å². The summed E-state index contributed by atoms with van der Waals surface area (Å²) in [7, 11) is 0. The number of hydrogen-bond acceptors (Lipinski definition) is 3. The average Bonchev–Trinajstić information content (AvgIpc) is 2.59. The molecule has 0 saturated carbocycles. The van der Waals surface area contributed by atoms with Crippen LogP contribution in [0.1, 0.15) is 62.8 Å². The zero-order valence-corrected chi connectivity index (χ0v) is 18.7. The minimum absolute atomic E-state index is 0.0292. The molecule has 4 nitrogen and oxygen atoms in total. The molecule has 2 aromatic carbocycles. The van der Waals surface area contributed by atoms with Crippen molar-refractivity contribution in [2.45, 2.75) is 58.6 Å². The third-order valence-electron chi connectivity index (χ3n) is 4.94. The molecule has 0 unspecified atom stereocenters. The zero-order valence-electron chi connectivity index (χ0n) is 17.1. The van der Waals surface area contributed by atoms with Crippen LogP contribution in [0, 0.1) is 6.92 Å². The lowest BCUT2D eigenvalue weighted by Crippen LogP contribution is -2.42. The van der Waals surface area contributed by atoms with Gasteiger partial charge in [0, 0.05) is 12.0 Å². The van der Waals surface area contributed by atoms with Crippen molar-refractivity contribution in [1.82, 2.24) is 5.32 Å². The Balaban J connectivity index is 1.67. The van der Waals surface area contributed by atoms with Gasteiger partial charge in [-0.05, 0) is 71.9 Å². The predicted octanol–water partition coefficient (Wildman–Crippen LogP) is 5.68. The standard InChI is InChI=1S/C23H28BrNO3/c1-14(2)16-7-9-20(18(24)11-16)27-13-22(26)25-19-12-23(4,5)28-21-10-15(3)6-8-17(19)21/h6-11,14,19H,12-13H2,1-5H3,(H,25,26)/t19-/m1/s1. The number of fused-ring (bicyclic) bond motifs is 1. The molecule has 150 valence electrons. The van der Waals surface area contributed by atoms with Gasteiger partial charge < -0.3 is 14.8 Å². The lowest BCUT2D eigenvalue weighted by atomic mass is 9.89. The normalized spacial score (nSPS) is 17.6. The van der Waals surface area contributed by atoms with E-state index >= 15 is 0 Å². The number of halogens is 1. The van der Waals surface area contributed by atoms with Crippen molar-refractivity contribution in [2.75, 3.05) is 6.61 Å². The first-order valence-electron chi connectivity index (χ1n) is 9.66. The van der Waals surface area contributed by atoms with Gasteiger partial charge in [-0.1, -0.05) is 32.0 Å². The van der Waals surface area contributed by atoms with Gasteiger partial charge in [-0.15, -0.1) is 0 Å². The van der Waals surface area contributed by atoms with Crippen molar-refractivity contribution >= 4 is 21.8 Å². The second-order valence-corrected chi connectivity index (χ2v) is 9.21. The van der Waals surface area contributed by atoms with E-state index in [9.17, 15) is 4.79 Å². The molecule has 1 aliphatic rings. The van der Waals surface area contributed by atoms with Crippen LogP contribution in [0.25, 0.3) is 0 Å². The Morgan fingerprint density at radius 3 is 2.71 bits per heavy atom. The van der Waals surface area contributed by atoms with Crippen molar-refractivity contribution in [2.24, 2.45) is 0 Å². The molecule has 0 fully saturated rings. The quantitative estimate of drug-likeness (QED) is 0.643. The fraction of sp³-hybridized carbons (Fsp3) is 0.435. The Morgan fingerprint density at radius 1 is 1.29 bits per heavy atom. The number of amides is 1. The second kappa shape index (κ2) is 8.16. The highest BCUT2D eigenvalue weighted by molar-refractivity contribution is 9.10. The topological polar surface area (TPSA) is 47.6 Å². The molecule has 2 aromatic rings. The van der Waals surface area contributed by atoms with Crippen molar-refractivity contribution < 1.29 is 14.3 Å². The van der Waals surface area contributed by atoms with E-state index in [0.717, 1.165) is 21.3 Å². The molecular weight excluding hydrogens is 418 g/mol. The highest BCUT2D eigenvalue weighted by atomic mass is 79.9. The lowest BCUT2D eigenvalue weighted by molar-refractivity contribution is -0.124. The molecule has 1 atom stereocenters. The van der Waals surface area contributed by atoms with Gasteiger partial charge in [-0.25, -0.2) is 0 Å². The maximum absolute atomic E-state index is 12.6. The molecule has 1 heterocycles. The van der Waals surface area contributed by atoms with Gasteiger partial charge in [0.1, 0.15) is 17.1 Å². The first-order chi connectivity index (χ1) is 13.1. The summed E-state index contributed by atoms with van der Waals surface area (Å²) in [4.78, 5) is 12.6. The van der Waals surface area contributed by atoms with Crippen LogP contribution in [0.3, 0.4) is 0 Å². The lowest BCUT2D eigenvalue weighted by Gasteiger charge is -2.38. The van der Waals surface area contributed by atoms with E-state index in [1.807, 2.05) is 57.2 Å². The SMILES string of the molecule is Cc1ccc2c(c1)OC(C)(C)C[C@H]2NC(=O)COc1ccc(C(C)C)cc1Br. The third kappa shape index (κ3) is 4.88. The smallest absolute Gasteiger partial charge is 0.258 e. The molecule has 0 aromatic heterocycles. The molecular formula is C23H28BrNO3. The van der Waals surface area contributed by atoms with Gasteiger partial charge in [0.05, 0.1) is 10.5 Å². The number of ether oxygens (including phenoxy) is 2. The van der Waals surface area contributed by atoms with Gasteiger partial charge in [-0.2, -0.15) is 0 Å². The molecule has 1 amide bonds. The Hall–Kier alpha value is -2.01. The predicted molar refractivity (Wildman–Crippen MR) is 115 cm³/mol. The molecule has 5 heteroatoms. The van der Waals surface area contributed by atoms with Crippen LogP contribution in [0.2, 0.25) is 0 Å². The van der Waals surface area contributed by atoms with Crippen molar-refractivity contribution in [3.05, 3.63) is 57.6 Å². The van der Waals surface area contributed by atoms with Gasteiger partial charge in [0.15, 0.2) is 6.61 Å². The first-order valence-corrected chi connectivity index (χ1v) is 10.4. The minimum atomic E-state index is -0.338. The van der Waals surface area contributed by atoms with Crippen LogP contribution in [0.5, 0.6) is 11.5 Å². The maximum Gasteiger partial charge on any atom is 0.258 e. The highest BCUT2D eigenvalue weighted by Crippen LogP contribution is 2.39. The molecule has 0 saturated heterocycles. The summed E-state index contributed by atoms with van der Waals surface area (Å²) in [6.45, 7) is 10.4. The molecule has 1 aliphatic heterocycles. The molecule has 0 radical (unpaired) electrons. The Kier molecular flexibility index (Phi) is 6.04. The average molecular weight is 446 g/mol. The summed E-state index contributed by atoms with van der Waals surface area (Å²) >= 11 is 3.53. The van der Waals surface area contributed by atoms with Crippen molar-refractivity contribution in [1.29, 1.82) is 0 Å². The molecule has 28 heavy (non-hydrogen) atoms. The summed E-state index contributed by atoms with van der Waals surface area (Å²) < 4.78 is 12.7. The maximum atomic E-state index is 12.6. The second-order valence-electron chi connectivity index (χ2n) is 8.36. The van der Waals surface area contributed by atoms with Gasteiger partial charge in [0.25, 0.3) is 5.91 Å². The Bertz CT molecular complexity index is 876. The number of benzene rings is 2. The van der Waals surface area contributed by atoms with Gasteiger partial charge in [-0.3, -0.25) is 4.79 Å². The van der Waals surface area contributed by atoms with Gasteiger partial charge in [0.2, 0.25) is 0 Å². The van der Waals surface area contributed by atoms with Crippen LogP contribution in [-0.4, -0.2) is 18.1 Å². The fourth-order valence-electron chi connectivity index (χ4n) is 3.46. The largest absolute Gasteiger partial charge is 0.487 e. The van der Waals surface area contributed by atoms with Crippen LogP contribution in [0.15, 0.2) is 40.9 Å². The molecule has 0 aliphatic carbocycles. The van der Waals surface area contributed by atoms with Crippen LogP contribution >= 0.6 is 15.9 Å². The van der Waals surface area contributed by atoms with Crippen molar-refractivity contribution in [3.63, 3.8) is 0 Å². The highest BCUT2D eigenvalue weighted by Gasteiger charge is 2.34. The number of aryl methyl sites for hydroxylation is 1. The molecule has 1 N–H and O–H groups in total. The number of nitrogens with one attached hydrogen (secondary N) is 1. The first kappa shape index (κ1) is 20.7. The zero-order chi connectivity index (χ0) is 20.5. The van der Waals surface area contributed by atoms with Crippen LogP contribution in [-0.2, 0) is 4.79 Å². The minimum Gasteiger partial charge on any atom is -0.487 e. The van der Waals surface area contributed by atoms with E-state index in [1.54, 1.807) is 0 Å². The van der Waals surface area contributed by atoms with Crippen molar-refractivity contribution in [3.8, 4) is 11.5 Å². The summed E-state index contributed by atoms with van der Waals surface area (Å²) in [5.41, 5.74) is 3.04. The number of carbonyl (C=O) groups is 1. The van der Waals surface area contributed by atoms with E-state index in [0.29, 0.717) is 18.1 Å². The third-order valence-corrected chi connectivity index (χ3v) is 5.56. The molecule has 3 rings (SSSR count). The number of rotatable bonds is 5.